The lowest BCUT2D eigenvalue weighted by Crippen LogP contribution is -2.37. The van der Waals surface area contributed by atoms with E-state index in [-0.39, 0.29) is 24.1 Å². The third-order valence-corrected chi connectivity index (χ3v) is 3.77. The van der Waals surface area contributed by atoms with Gasteiger partial charge in [0.05, 0.1) is 31.4 Å². The number of amides is 1. The summed E-state index contributed by atoms with van der Waals surface area (Å²) in [7, 11) is 3.02. The number of nitrogens with one attached hydrogen (secondary N) is 1. The van der Waals surface area contributed by atoms with E-state index in [1.165, 1.54) is 25.1 Å². The normalized spacial score (nSPS) is 12.0. The van der Waals surface area contributed by atoms with Crippen molar-refractivity contribution >= 4 is 16.8 Å². The van der Waals surface area contributed by atoms with Gasteiger partial charge in [-0.15, -0.1) is 0 Å². The summed E-state index contributed by atoms with van der Waals surface area (Å²) in [6, 6.07) is 3.30. The number of benzene rings is 1. The number of hydrogen-bond donors (Lipinski definition) is 1. The number of hydrogen-bond acceptors (Lipinski definition) is 5. The molecule has 0 aliphatic heterocycles. The van der Waals surface area contributed by atoms with Crippen molar-refractivity contribution in [3.05, 3.63) is 28.8 Å². The Labute approximate surface area is 140 Å². The van der Waals surface area contributed by atoms with E-state index in [9.17, 15) is 9.59 Å². The standard InChI is InChI=1S/C17H23N3O4/c1-5-6-11(2)19-16(21)9-20-10-18-13-8-15(24-4)14(23-3)7-12(13)17(20)22/h7-8,10-11H,5-6,9H2,1-4H3,(H,19,21)/t11-/m1/s1. The maximum absolute atomic E-state index is 12.6. The van der Waals surface area contributed by atoms with Crippen molar-refractivity contribution in [2.75, 3.05) is 14.2 Å². The first-order valence-electron chi connectivity index (χ1n) is 7.90. The van der Waals surface area contributed by atoms with Gasteiger partial charge in [-0.1, -0.05) is 13.3 Å². The number of rotatable bonds is 7. The number of carbonyl (C=O) groups excluding carboxylic acids is 1. The summed E-state index contributed by atoms with van der Waals surface area (Å²) < 4.78 is 11.7. The zero-order valence-corrected chi connectivity index (χ0v) is 14.5. The molecule has 1 atom stereocenters. The fourth-order valence-electron chi connectivity index (χ4n) is 2.58. The third-order valence-electron chi connectivity index (χ3n) is 3.77. The topological polar surface area (TPSA) is 82.5 Å². The molecule has 24 heavy (non-hydrogen) atoms. The summed E-state index contributed by atoms with van der Waals surface area (Å²) in [4.78, 5) is 28.9. The number of carbonyl (C=O) groups is 1. The number of nitrogens with zero attached hydrogens (tertiary/aromatic N) is 2. The van der Waals surface area contributed by atoms with Gasteiger partial charge in [0.25, 0.3) is 5.56 Å². The van der Waals surface area contributed by atoms with Gasteiger partial charge in [0, 0.05) is 12.1 Å². The van der Waals surface area contributed by atoms with Gasteiger partial charge in [0.1, 0.15) is 6.54 Å². The summed E-state index contributed by atoms with van der Waals surface area (Å²) >= 11 is 0. The first-order valence-corrected chi connectivity index (χ1v) is 7.90. The van der Waals surface area contributed by atoms with E-state index in [0.717, 1.165) is 12.8 Å². The van der Waals surface area contributed by atoms with Crippen LogP contribution in [0.5, 0.6) is 11.5 Å². The van der Waals surface area contributed by atoms with Gasteiger partial charge in [-0.25, -0.2) is 4.98 Å². The highest BCUT2D eigenvalue weighted by molar-refractivity contribution is 5.82. The van der Waals surface area contributed by atoms with Crippen molar-refractivity contribution in [3.63, 3.8) is 0 Å². The monoisotopic (exact) mass is 333 g/mol. The predicted octanol–water partition coefficient (Wildman–Crippen LogP) is 1.72. The lowest BCUT2D eigenvalue weighted by Gasteiger charge is -2.14. The van der Waals surface area contributed by atoms with Gasteiger partial charge in [0.2, 0.25) is 5.91 Å². The molecule has 1 amide bonds. The summed E-state index contributed by atoms with van der Waals surface area (Å²) in [6.07, 6.45) is 3.26. The molecule has 0 fully saturated rings. The minimum Gasteiger partial charge on any atom is -0.493 e. The molecular weight excluding hydrogens is 310 g/mol. The van der Waals surface area contributed by atoms with Crippen molar-refractivity contribution in [3.8, 4) is 11.5 Å². The zero-order valence-electron chi connectivity index (χ0n) is 14.5. The fraction of sp³-hybridized carbons (Fsp3) is 0.471. The van der Waals surface area contributed by atoms with Crippen LogP contribution in [-0.2, 0) is 11.3 Å². The van der Waals surface area contributed by atoms with Crippen LogP contribution in [0, 0.1) is 0 Å². The van der Waals surface area contributed by atoms with Crippen LogP contribution < -0.4 is 20.3 Å². The maximum Gasteiger partial charge on any atom is 0.261 e. The Morgan fingerprint density at radius 2 is 1.96 bits per heavy atom. The van der Waals surface area contributed by atoms with Crippen molar-refractivity contribution in [2.45, 2.75) is 39.3 Å². The van der Waals surface area contributed by atoms with E-state index in [4.69, 9.17) is 9.47 Å². The molecule has 0 saturated heterocycles. The average Bonchev–Trinajstić information content (AvgIpc) is 2.56. The largest absolute Gasteiger partial charge is 0.493 e. The zero-order chi connectivity index (χ0) is 17.7. The van der Waals surface area contributed by atoms with Crippen LogP contribution in [0.25, 0.3) is 10.9 Å². The van der Waals surface area contributed by atoms with E-state index < -0.39 is 0 Å². The average molecular weight is 333 g/mol. The number of methoxy groups -OCH3 is 2. The molecule has 0 aliphatic carbocycles. The predicted molar refractivity (Wildman–Crippen MR) is 91.6 cm³/mol. The molecule has 2 rings (SSSR count). The molecule has 130 valence electrons. The molecule has 1 aromatic heterocycles. The lowest BCUT2D eigenvalue weighted by molar-refractivity contribution is -0.122. The molecule has 0 unspecified atom stereocenters. The molecule has 1 heterocycles. The van der Waals surface area contributed by atoms with Crippen LogP contribution in [-0.4, -0.2) is 35.7 Å². The van der Waals surface area contributed by atoms with Gasteiger partial charge in [-0.2, -0.15) is 0 Å². The van der Waals surface area contributed by atoms with Crippen LogP contribution in [0.2, 0.25) is 0 Å². The Morgan fingerprint density at radius 1 is 1.29 bits per heavy atom. The highest BCUT2D eigenvalue weighted by atomic mass is 16.5. The molecule has 0 bridgehead atoms. The van der Waals surface area contributed by atoms with E-state index in [0.29, 0.717) is 22.4 Å². The molecule has 2 aromatic rings. The van der Waals surface area contributed by atoms with Crippen LogP contribution in [0.15, 0.2) is 23.3 Å². The molecule has 1 aromatic carbocycles. The van der Waals surface area contributed by atoms with Crippen LogP contribution >= 0.6 is 0 Å². The molecule has 1 N–H and O–H groups in total. The maximum atomic E-state index is 12.6. The molecule has 0 radical (unpaired) electrons. The Morgan fingerprint density at radius 3 is 2.58 bits per heavy atom. The first kappa shape index (κ1) is 17.8. The Kier molecular flexibility index (Phi) is 5.78. The second kappa shape index (κ2) is 7.81. The van der Waals surface area contributed by atoms with Gasteiger partial charge in [-0.3, -0.25) is 14.2 Å². The lowest BCUT2D eigenvalue weighted by atomic mass is 10.2. The van der Waals surface area contributed by atoms with Crippen LogP contribution in [0.4, 0.5) is 0 Å². The fourth-order valence-corrected chi connectivity index (χ4v) is 2.58. The van der Waals surface area contributed by atoms with Gasteiger partial charge in [0.15, 0.2) is 11.5 Å². The number of ether oxygens (including phenoxy) is 2. The SMILES string of the molecule is CCC[C@@H](C)NC(=O)Cn1cnc2cc(OC)c(OC)cc2c1=O. The third kappa shape index (κ3) is 3.84. The second-order valence-electron chi connectivity index (χ2n) is 5.66. The smallest absolute Gasteiger partial charge is 0.261 e. The van der Waals surface area contributed by atoms with Gasteiger partial charge >= 0.3 is 0 Å². The van der Waals surface area contributed by atoms with Crippen molar-refractivity contribution in [1.82, 2.24) is 14.9 Å². The van der Waals surface area contributed by atoms with E-state index in [2.05, 4.69) is 17.2 Å². The van der Waals surface area contributed by atoms with Crippen LogP contribution in [0.3, 0.4) is 0 Å². The van der Waals surface area contributed by atoms with Crippen molar-refractivity contribution in [1.29, 1.82) is 0 Å². The molecule has 0 saturated carbocycles. The van der Waals surface area contributed by atoms with Crippen molar-refractivity contribution in [2.24, 2.45) is 0 Å². The molecule has 0 aliphatic rings. The summed E-state index contributed by atoms with van der Waals surface area (Å²) in [6.45, 7) is 3.94. The molecular formula is C17H23N3O4. The van der Waals surface area contributed by atoms with E-state index in [1.807, 2.05) is 6.92 Å². The highest BCUT2D eigenvalue weighted by Gasteiger charge is 2.13. The van der Waals surface area contributed by atoms with Gasteiger partial charge < -0.3 is 14.8 Å². The molecule has 0 spiro atoms. The van der Waals surface area contributed by atoms with E-state index >= 15 is 0 Å². The first-order chi connectivity index (χ1) is 11.5. The summed E-state index contributed by atoms with van der Waals surface area (Å²) in [5.41, 5.74) is 0.202. The Bertz CT molecular complexity index is 785. The quantitative estimate of drug-likeness (QED) is 0.834. The summed E-state index contributed by atoms with van der Waals surface area (Å²) in [5, 5.41) is 3.25. The highest BCUT2D eigenvalue weighted by Crippen LogP contribution is 2.29. The van der Waals surface area contributed by atoms with Crippen molar-refractivity contribution < 1.29 is 14.3 Å². The number of fused-ring (bicyclic) bond motifs is 1. The molecule has 7 heteroatoms. The summed E-state index contributed by atoms with van der Waals surface area (Å²) in [5.74, 6) is 0.739. The minimum atomic E-state index is -0.292. The Balaban J connectivity index is 2.31. The minimum absolute atomic E-state index is 0.0653. The van der Waals surface area contributed by atoms with E-state index in [1.54, 1.807) is 12.1 Å². The second-order valence-corrected chi connectivity index (χ2v) is 5.66. The Hall–Kier alpha value is -2.57. The van der Waals surface area contributed by atoms with Gasteiger partial charge in [-0.05, 0) is 19.4 Å². The number of aromatic nitrogens is 2. The van der Waals surface area contributed by atoms with Crippen LogP contribution in [0.1, 0.15) is 26.7 Å². The molecule has 7 nitrogen and oxygen atoms in total.